The summed E-state index contributed by atoms with van der Waals surface area (Å²) in [7, 11) is 0. The Morgan fingerprint density at radius 3 is 2.61 bits per heavy atom. The molecule has 8 heteroatoms. The number of carbonyl (C=O) groups excluding carboxylic acids is 1. The molecule has 0 radical (unpaired) electrons. The average Bonchev–Trinajstić information content (AvgIpc) is 3.17. The molecule has 0 atom stereocenters. The second-order valence-electron chi connectivity index (χ2n) is 5.49. The van der Waals surface area contributed by atoms with Crippen molar-refractivity contribution in [3.63, 3.8) is 0 Å². The van der Waals surface area contributed by atoms with E-state index in [0.717, 1.165) is 42.3 Å². The summed E-state index contributed by atoms with van der Waals surface area (Å²) in [4.78, 5) is 27.1. The third kappa shape index (κ3) is 3.43. The Kier molecular flexibility index (Phi) is 4.44. The zero-order valence-electron chi connectivity index (χ0n) is 12.7. The van der Waals surface area contributed by atoms with Gasteiger partial charge in [0.25, 0.3) is 5.91 Å². The van der Waals surface area contributed by atoms with Gasteiger partial charge in [-0.05, 0) is 24.6 Å². The summed E-state index contributed by atoms with van der Waals surface area (Å²) in [5, 5.41) is 10.7. The zero-order valence-corrected chi connectivity index (χ0v) is 13.5. The third-order valence-electron chi connectivity index (χ3n) is 3.98. The van der Waals surface area contributed by atoms with E-state index in [-0.39, 0.29) is 10.9 Å². The average molecular weight is 335 g/mol. The normalized spacial score (nSPS) is 15.8. The molecule has 0 aromatic carbocycles. The van der Waals surface area contributed by atoms with Gasteiger partial charge in [-0.15, -0.1) is 0 Å². The summed E-state index contributed by atoms with van der Waals surface area (Å²) in [6, 6.07) is 4.86. The largest absolute Gasteiger partial charge is 0.468 e. The number of aryl methyl sites for hydroxylation is 1. The minimum atomic E-state index is -0.467. The third-order valence-corrected chi connectivity index (χ3v) is 5.00. The molecule has 1 aliphatic heterocycles. The second-order valence-corrected chi connectivity index (χ2v) is 6.55. The van der Waals surface area contributed by atoms with Crippen molar-refractivity contribution < 1.29 is 14.1 Å². The summed E-state index contributed by atoms with van der Waals surface area (Å²) in [5.41, 5.74) is 1.13. The Morgan fingerprint density at radius 2 is 2.04 bits per heavy atom. The van der Waals surface area contributed by atoms with Crippen molar-refractivity contribution in [3.8, 4) is 0 Å². The SMILES string of the molecule is Cc1ccoc1CN1CCN(C(=O)c2ccc([N+](=O)[O-])s2)CC1. The van der Waals surface area contributed by atoms with Crippen LogP contribution in [0.15, 0.2) is 28.9 Å². The molecule has 23 heavy (non-hydrogen) atoms. The first-order chi connectivity index (χ1) is 11.0. The maximum absolute atomic E-state index is 12.4. The minimum Gasteiger partial charge on any atom is -0.468 e. The molecule has 1 amide bonds. The Balaban J connectivity index is 1.56. The number of rotatable bonds is 4. The standard InChI is InChI=1S/C15H17N3O4S/c1-11-4-9-22-12(11)10-16-5-7-17(8-6-16)15(19)13-2-3-14(23-13)18(20)21/h2-4,9H,5-8,10H2,1H3. The summed E-state index contributed by atoms with van der Waals surface area (Å²) in [5.74, 6) is 0.829. The molecule has 0 saturated carbocycles. The van der Waals surface area contributed by atoms with Crippen molar-refractivity contribution in [1.29, 1.82) is 0 Å². The molecule has 1 saturated heterocycles. The van der Waals surface area contributed by atoms with E-state index in [1.165, 1.54) is 12.1 Å². The van der Waals surface area contributed by atoms with Crippen LogP contribution >= 0.6 is 11.3 Å². The number of hydrogen-bond acceptors (Lipinski definition) is 6. The molecule has 122 valence electrons. The van der Waals surface area contributed by atoms with Crippen molar-refractivity contribution in [2.45, 2.75) is 13.5 Å². The predicted octanol–water partition coefficient (Wildman–Crippen LogP) is 2.52. The smallest absolute Gasteiger partial charge is 0.324 e. The van der Waals surface area contributed by atoms with Crippen LogP contribution in [0.25, 0.3) is 0 Å². The molecule has 1 fully saturated rings. The molecule has 0 aliphatic carbocycles. The van der Waals surface area contributed by atoms with Crippen molar-refractivity contribution in [2.24, 2.45) is 0 Å². The van der Waals surface area contributed by atoms with E-state index < -0.39 is 4.92 Å². The molecule has 1 aliphatic rings. The van der Waals surface area contributed by atoms with Crippen LogP contribution < -0.4 is 0 Å². The van der Waals surface area contributed by atoms with Crippen molar-refractivity contribution in [3.05, 3.63) is 50.8 Å². The lowest BCUT2D eigenvalue weighted by atomic mass is 10.2. The molecular formula is C15H17N3O4S. The number of nitrogens with zero attached hydrogens (tertiary/aromatic N) is 3. The lowest BCUT2D eigenvalue weighted by Gasteiger charge is -2.34. The summed E-state index contributed by atoms with van der Waals surface area (Å²) in [6.45, 7) is 5.51. The number of furan rings is 1. The molecule has 3 rings (SSSR count). The number of carbonyl (C=O) groups is 1. The van der Waals surface area contributed by atoms with E-state index in [4.69, 9.17) is 4.42 Å². The van der Waals surface area contributed by atoms with Crippen molar-refractivity contribution in [2.75, 3.05) is 26.2 Å². The van der Waals surface area contributed by atoms with Gasteiger partial charge < -0.3 is 9.32 Å². The predicted molar refractivity (Wildman–Crippen MR) is 85.6 cm³/mol. The number of nitro groups is 1. The minimum absolute atomic E-state index is 0.000260. The van der Waals surface area contributed by atoms with Gasteiger partial charge in [-0.2, -0.15) is 0 Å². The van der Waals surface area contributed by atoms with Gasteiger partial charge in [0.15, 0.2) is 0 Å². The van der Waals surface area contributed by atoms with Crippen LogP contribution in [-0.2, 0) is 6.54 Å². The maximum atomic E-state index is 12.4. The van der Waals surface area contributed by atoms with E-state index in [2.05, 4.69) is 4.90 Å². The van der Waals surface area contributed by atoms with Crippen molar-refractivity contribution in [1.82, 2.24) is 9.80 Å². The number of piperazine rings is 1. The molecule has 2 aromatic heterocycles. The highest BCUT2D eigenvalue weighted by atomic mass is 32.1. The van der Waals surface area contributed by atoms with E-state index in [9.17, 15) is 14.9 Å². The zero-order chi connectivity index (χ0) is 16.4. The molecule has 0 N–H and O–H groups in total. The molecular weight excluding hydrogens is 318 g/mol. The lowest BCUT2D eigenvalue weighted by molar-refractivity contribution is -0.380. The van der Waals surface area contributed by atoms with Crippen LogP contribution in [0.2, 0.25) is 0 Å². The monoisotopic (exact) mass is 335 g/mol. The van der Waals surface area contributed by atoms with E-state index >= 15 is 0 Å². The van der Waals surface area contributed by atoms with Crippen molar-refractivity contribution >= 4 is 22.2 Å². The first-order valence-electron chi connectivity index (χ1n) is 7.33. The van der Waals surface area contributed by atoms with Crippen LogP contribution in [0.3, 0.4) is 0 Å². The van der Waals surface area contributed by atoms with Gasteiger partial charge >= 0.3 is 5.00 Å². The first kappa shape index (κ1) is 15.7. The van der Waals surface area contributed by atoms with Gasteiger partial charge in [0.05, 0.1) is 22.6 Å². The highest BCUT2D eigenvalue weighted by Crippen LogP contribution is 2.25. The fourth-order valence-electron chi connectivity index (χ4n) is 2.57. The Labute approximate surface area is 137 Å². The van der Waals surface area contributed by atoms with Crippen LogP contribution in [0.1, 0.15) is 21.0 Å². The Bertz CT molecular complexity index is 716. The molecule has 3 heterocycles. The van der Waals surface area contributed by atoms with E-state index in [0.29, 0.717) is 18.0 Å². The maximum Gasteiger partial charge on any atom is 0.324 e. The van der Waals surface area contributed by atoms with Gasteiger partial charge in [-0.3, -0.25) is 19.8 Å². The second kappa shape index (κ2) is 6.51. The van der Waals surface area contributed by atoms with Crippen LogP contribution in [0, 0.1) is 17.0 Å². The van der Waals surface area contributed by atoms with E-state index in [1.807, 2.05) is 13.0 Å². The fraction of sp³-hybridized carbons (Fsp3) is 0.400. The fourth-order valence-corrected chi connectivity index (χ4v) is 3.36. The number of hydrogen-bond donors (Lipinski definition) is 0. The van der Waals surface area contributed by atoms with Gasteiger partial charge in [-0.25, -0.2) is 0 Å². The summed E-state index contributed by atoms with van der Waals surface area (Å²) < 4.78 is 5.45. The Hall–Kier alpha value is -2.19. The molecule has 2 aromatic rings. The lowest BCUT2D eigenvalue weighted by Crippen LogP contribution is -2.48. The van der Waals surface area contributed by atoms with E-state index in [1.54, 1.807) is 11.2 Å². The highest BCUT2D eigenvalue weighted by molar-refractivity contribution is 7.17. The Morgan fingerprint density at radius 1 is 1.30 bits per heavy atom. The summed E-state index contributed by atoms with van der Waals surface area (Å²) >= 11 is 0.930. The van der Waals surface area contributed by atoms with Crippen LogP contribution in [-0.4, -0.2) is 46.8 Å². The molecule has 0 spiro atoms. The topological polar surface area (TPSA) is 79.8 Å². The van der Waals surface area contributed by atoms with Gasteiger partial charge in [-0.1, -0.05) is 11.3 Å². The first-order valence-corrected chi connectivity index (χ1v) is 8.15. The number of thiophene rings is 1. The molecule has 0 bridgehead atoms. The van der Waals surface area contributed by atoms with Crippen LogP contribution in [0.4, 0.5) is 5.00 Å². The highest BCUT2D eigenvalue weighted by Gasteiger charge is 2.25. The quantitative estimate of drug-likeness (QED) is 0.633. The number of amides is 1. The van der Waals surface area contributed by atoms with Gasteiger partial charge in [0, 0.05) is 32.2 Å². The summed E-state index contributed by atoms with van der Waals surface area (Å²) in [6.07, 6.45) is 1.69. The van der Waals surface area contributed by atoms with Gasteiger partial charge in [0.1, 0.15) is 5.76 Å². The van der Waals surface area contributed by atoms with Crippen LogP contribution in [0.5, 0.6) is 0 Å². The van der Waals surface area contributed by atoms with Gasteiger partial charge in [0.2, 0.25) is 0 Å². The molecule has 0 unspecified atom stereocenters. The molecule has 7 nitrogen and oxygen atoms in total.